The number of carbonyl (C=O) groups is 1. The monoisotopic (exact) mass is 448 g/mol. The number of carboxylic acid groups (broad SMARTS) is 1. The Morgan fingerprint density at radius 2 is 2.12 bits per heavy atom. The number of aliphatic carboxylic acids is 1. The molecule has 172 valence electrons. The highest BCUT2D eigenvalue weighted by Crippen LogP contribution is 2.39. The fourth-order valence-electron chi connectivity index (χ4n) is 4.68. The Kier molecular flexibility index (Phi) is 5.39. The van der Waals surface area contributed by atoms with Crippen molar-refractivity contribution in [2.45, 2.75) is 58.0 Å². The van der Waals surface area contributed by atoms with E-state index in [0.717, 1.165) is 47.4 Å². The van der Waals surface area contributed by atoms with E-state index in [1.54, 1.807) is 4.52 Å². The van der Waals surface area contributed by atoms with E-state index in [9.17, 15) is 9.90 Å². The first-order chi connectivity index (χ1) is 16.0. The van der Waals surface area contributed by atoms with Gasteiger partial charge in [0.15, 0.2) is 5.82 Å². The maximum Gasteiger partial charge on any atom is 0.306 e. The molecule has 1 aromatic carbocycles. The number of nitrogens with two attached hydrogens (primary N) is 1. The van der Waals surface area contributed by atoms with E-state index in [-0.39, 0.29) is 17.9 Å². The number of imidazole rings is 1. The van der Waals surface area contributed by atoms with Crippen LogP contribution in [0, 0.1) is 5.92 Å². The first kappa shape index (κ1) is 21.2. The maximum absolute atomic E-state index is 11.4. The van der Waals surface area contributed by atoms with Gasteiger partial charge in [-0.25, -0.2) is 14.5 Å². The molecule has 1 unspecified atom stereocenters. The van der Waals surface area contributed by atoms with Gasteiger partial charge in [0, 0.05) is 11.3 Å². The average molecular weight is 449 g/mol. The number of hydrogen-bond acceptors (Lipinski definition) is 6. The van der Waals surface area contributed by atoms with Crippen molar-refractivity contribution in [2.75, 3.05) is 5.73 Å². The van der Waals surface area contributed by atoms with Crippen molar-refractivity contribution in [3.8, 4) is 17.1 Å². The Balaban J connectivity index is 1.59. The number of fused-ring (bicyclic) bond motifs is 2. The number of rotatable bonds is 6. The summed E-state index contributed by atoms with van der Waals surface area (Å²) in [6.45, 7) is 4.14. The molecule has 4 N–H and O–H groups in total. The minimum atomic E-state index is -0.720. The smallest absolute Gasteiger partial charge is 0.306 e. The SMILES string of the molecule is CCC(C)Oc1cccc2cc(-c3nc(C4CCC(C(=O)O)CC4)n4ncnc(N)c34)[nH]c12. The summed E-state index contributed by atoms with van der Waals surface area (Å²) in [6, 6.07) is 8.01. The van der Waals surface area contributed by atoms with Gasteiger partial charge in [-0.3, -0.25) is 4.79 Å². The van der Waals surface area contributed by atoms with Crippen molar-refractivity contribution in [3.63, 3.8) is 0 Å². The minimum absolute atomic E-state index is 0.104. The Hall–Kier alpha value is -3.62. The molecule has 9 nitrogen and oxygen atoms in total. The second-order valence-corrected chi connectivity index (χ2v) is 8.85. The second kappa shape index (κ2) is 8.38. The van der Waals surface area contributed by atoms with Crippen LogP contribution in [-0.2, 0) is 4.79 Å². The summed E-state index contributed by atoms with van der Waals surface area (Å²) in [5.74, 6) is 1.06. The molecule has 0 radical (unpaired) electrons. The van der Waals surface area contributed by atoms with Crippen LogP contribution in [0.2, 0.25) is 0 Å². The minimum Gasteiger partial charge on any atom is -0.489 e. The van der Waals surface area contributed by atoms with Gasteiger partial charge in [0.25, 0.3) is 0 Å². The molecule has 0 saturated heterocycles. The van der Waals surface area contributed by atoms with E-state index in [1.165, 1.54) is 6.33 Å². The highest BCUT2D eigenvalue weighted by molar-refractivity contribution is 5.93. The van der Waals surface area contributed by atoms with Crippen LogP contribution < -0.4 is 10.5 Å². The Morgan fingerprint density at radius 3 is 2.85 bits per heavy atom. The molecule has 1 aliphatic rings. The lowest BCUT2D eigenvalue weighted by Crippen LogP contribution is -2.21. The van der Waals surface area contributed by atoms with Gasteiger partial charge in [-0.05, 0) is 51.2 Å². The van der Waals surface area contributed by atoms with Gasteiger partial charge in [0.2, 0.25) is 0 Å². The first-order valence-corrected chi connectivity index (χ1v) is 11.5. The molecule has 1 atom stereocenters. The highest BCUT2D eigenvalue weighted by Gasteiger charge is 2.31. The van der Waals surface area contributed by atoms with Gasteiger partial charge in [-0.1, -0.05) is 19.1 Å². The number of nitrogens with one attached hydrogen (secondary N) is 1. The number of para-hydroxylation sites is 1. The third-order valence-electron chi connectivity index (χ3n) is 6.70. The van der Waals surface area contributed by atoms with Crippen LogP contribution in [-0.4, -0.2) is 41.7 Å². The van der Waals surface area contributed by atoms with Gasteiger partial charge >= 0.3 is 5.97 Å². The molecular weight excluding hydrogens is 420 g/mol. The molecule has 0 amide bonds. The zero-order chi connectivity index (χ0) is 23.1. The summed E-state index contributed by atoms with van der Waals surface area (Å²) in [7, 11) is 0. The topological polar surface area (TPSA) is 131 Å². The third kappa shape index (κ3) is 3.77. The average Bonchev–Trinajstić information content (AvgIpc) is 3.42. The number of nitrogen functional groups attached to an aromatic ring is 1. The van der Waals surface area contributed by atoms with Crippen LogP contribution in [0.4, 0.5) is 5.82 Å². The Labute approximate surface area is 191 Å². The normalized spacial score (nSPS) is 19.7. The molecule has 3 heterocycles. The first-order valence-electron chi connectivity index (χ1n) is 11.5. The largest absolute Gasteiger partial charge is 0.489 e. The van der Waals surface area contributed by atoms with Gasteiger partial charge in [0.1, 0.15) is 29.1 Å². The van der Waals surface area contributed by atoms with Gasteiger partial charge in [0.05, 0.1) is 23.2 Å². The van der Waals surface area contributed by atoms with Gasteiger partial charge in [-0.2, -0.15) is 5.10 Å². The lowest BCUT2D eigenvalue weighted by molar-refractivity contribution is -0.142. The van der Waals surface area contributed by atoms with Crippen molar-refractivity contribution in [2.24, 2.45) is 5.92 Å². The van der Waals surface area contributed by atoms with E-state index in [4.69, 9.17) is 15.5 Å². The van der Waals surface area contributed by atoms with Crippen molar-refractivity contribution < 1.29 is 14.6 Å². The fraction of sp³-hybridized carbons (Fsp3) is 0.417. The van der Waals surface area contributed by atoms with Crippen molar-refractivity contribution in [3.05, 3.63) is 36.4 Å². The summed E-state index contributed by atoms with van der Waals surface area (Å²) in [5.41, 5.74) is 9.35. The van der Waals surface area contributed by atoms with Crippen molar-refractivity contribution in [1.82, 2.24) is 24.6 Å². The molecule has 0 spiro atoms. The molecular formula is C24H28N6O3. The maximum atomic E-state index is 11.4. The molecule has 0 bridgehead atoms. The number of carboxylic acids is 1. The fourth-order valence-corrected chi connectivity index (χ4v) is 4.68. The summed E-state index contributed by atoms with van der Waals surface area (Å²) < 4.78 is 7.88. The number of aromatic nitrogens is 5. The van der Waals surface area contributed by atoms with Crippen molar-refractivity contribution >= 4 is 28.2 Å². The van der Waals surface area contributed by atoms with E-state index >= 15 is 0 Å². The Bertz CT molecular complexity index is 1320. The van der Waals surface area contributed by atoms with Crippen molar-refractivity contribution in [1.29, 1.82) is 0 Å². The van der Waals surface area contributed by atoms with Crippen LogP contribution >= 0.6 is 0 Å². The number of ether oxygens (including phenoxy) is 1. The molecule has 5 rings (SSSR count). The number of anilines is 1. The predicted octanol–water partition coefficient (Wildman–Crippen LogP) is 4.39. The number of benzene rings is 1. The van der Waals surface area contributed by atoms with Crippen LogP contribution in [0.25, 0.3) is 27.8 Å². The lowest BCUT2D eigenvalue weighted by Gasteiger charge is -2.24. The van der Waals surface area contributed by atoms with E-state index in [0.29, 0.717) is 29.9 Å². The van der Waals surface area contributed by atoms with Gasteiger partial charge in [-0.15, -0.1) is 0 Å². The molecule has 3 aromatic heterocycles. The summed E-state index contributed by atoms with van der Waals surface area (Å²) in [5, 5.41) is 14.8. The Morgan fingerprint density at radius 1 is 1.33 bits per heavy atom. The number of aromatic amines is 1. The van der Waals surface area contributed by atoms with Crippen LogP contribution in [0.3, 0.4) is 0 Å². The standard InChI is InChI=1S/C24H28N6O3/c1-3-13(2)33-18-6-4-5-16-11-17(28-19(16)18)20-21-22(25)26-12-27-30(21)23(29-20)14-7-9-15(10-8-14)24(31)32/h4-6,11-15,28H,3,7-10H2,1-2H3,(H,31,32)(H2,25,26,27). The predicted molar refractivity (Wildman–Crippen MR) is 125 cm³/mol. The molecule has 0 aliphatic heterocycles. The summed E-state index contributed by atoms with van der Waals surface area (Å²) in [6.07, 6.45) is 5.21. The zero-order valence-corrected chi connectivity index (χ0v) is 18.8. The van der Waals surface area contributed by atoms with E-state index < -0.39 is 5.97 Å². The number of nitrogens with zero attached hydrogens (tertiary/aromatic N) is 4. The zero-order valence-electron chi connectivity index (χ0n) is 18.8. The molecule has 4 aromatic rings. The van der Waals surface area contributed by atoms with Crippen LogP contribution in [0.15, 0.2) is 30.6 Å². The molecule has 9 heteroatoms. The highest BCUT2D eigenvalue weighted by atomic mass is 16.5. The lowest BCUT2D eigenvalue weighted by atomic mass is 9.82. The number of H-pyrrole nitrogens is 1. The summed E-state index contributed by atoms with van der Waals surface area (Å²) in [4.78, 5) is 24.0. The summed E-state index contributed by atoms with van der Waals surface area (Å²) >= 11 is 0. The molecule has 1 fully saturated rings. The molecule has 1 aliphatic carbocycles. The quantitative estimate of drug-likeness (QED) is 0.398. The number of hydrogen-bond donors (Lipinski definition) is 3. The molecule has 33 heavy (non-hydrogen) atoms. The van der Waals surface area contributed by atoms with E-state index in [1.807, 2.05) is 24.3 Å². The van der Waals surface area contributed by atoms with Gasteiger partial charge < -0.3 is 20.6 Å². The second-order valence-electron chi connectivity index (χ2n) is 8.85. The van der Waals surface area contributed by atoms with Crippen LogP contribution in [0.1, 0.15) is 57.7 Å². The van der Waals surface area contributed by atoms with E-state index in [2.05, 4.69) is 28.9 Å². The molecule has 1 saturated carbocycles. The third-order valence-corrected chi connectivity index (χ3v) is 6.70. The van der Waals surface area contributed by atoms with Crippen LogP contribution in [0.5, 0.6) is 5.75 Å².